The molecule has 0 unspecified atom stereocenters. The van der Waals surface area contributed by atoms with Gasteiger partial charge in [0.1, 0.15) is 5.75 Å². The lowest BCUT2D eigenvalue weighted by Gasteiger charge is -2.09. The Bertz CT molecular complexity index is 1400. The van der Waals surface area contributed by atoms with Gasteiger partial charge >= 0.3 is 0 Å². The van der Waals surface area contributed by atoms with Crippen LogP contribution < -0.4 is 10.3 Å². The Morgan fingerprint density at radius 3 is 2.66 bits per heavy atom. The number of nitrogens with zero attached hydrogens (tertiary/aromatic N) is 3. The SMILES string of the molecule is COc1cccc(Cn2ncc3cc(-c4ccc5[nH]ncc5c4)ccc3c2=O)c1. The van der Waals surface area contributed by atoms with E-state index in [1.165, 1.54) is 4.68 Å². The quantitative estimate of drug-likeness (QED) is 0.510. The van der Waals surface area contributed by atoms with Crippen LogP contribution in [0.15, 0.2) is 77.9 Å². The summed E-state index contributed by atoms with van der Waals surface area (Å²) in [5, 5.41) is 13.9. The number of fused-ring (bicyclic) bond motifs is 2. The molecule has 2 aromatic heterocycles. The average Bonchev–Trinajstić information content (AvgIpc) is 3.23. The highest BCUT2D eigenvalue weighted by Crippen LogP contribution is 2.25. The fourth-order valence-electron chi connectivity index (χ4n) is 3.55. The van der Waals surface area contributed by atoms with Crippen LogP contribution in [0.1, 0.15) is 5.56 Å². The van der Waals surface area contributed by atoms with Gasteiger partial charge in [-0.1, -0.05) is 24.3 Å². The van der Waals surface area contributed by atoms with Gasteiger partial charge < -0.3 is 4.74 Å². The smallest absolute Gasteiger partial charge is 0.274 e. The van der Waals surface area contributed by atoms with Gasteiger partial charge in [-0.3, -0.25) is 9.89 Å². The van der Waals surface area contributed by atoms with Crippen molar-refractivity contribution in [1.82, 2.24) is 20.0 Å². The van der Waals surface area contributed by atoms with Crippen molar-refractivity contribution in [3.05, 3.63) is 89.0 Å². The Hall–Kier alpha value is -3.93. The molecule has 0 atom stereocenters. The molecule has 5 aromatic rings. The summed E-state index contributed by atoms with van der Waals surface area (Å²) in [5.41, 5.74) is 3.95. The minimum Gasteiger partial charge on any atom is -0.497 e. The van der Waals surface area contributed by atoms with E-state index < -0.39 is 0 Å². The van der Waals surface area contributed by atoms with Gasteiger partial charge in [-0.05, 0) is 53.1 Å². The maximum atomic E-state index is 12.9. The lowest BCUT2D eigenvalue weighted by Crippen LogP contribution is -2.23. The maximum Gasteiger partial charge on any atom is 0.274 e. The molecule has 0 fully saturated rings. The molecule has 0 saturated carbocycles. The zero-order chi connectivity index (χ0) is 19.8. The van der Waals surface area contributed by atoms with E-state index in [-0.39, 0.29) is 5.56 Å². The molecule has 0 spiro atoms. The Morgan fingerprint density at radius 1 is 0.966 bits per heavy atom. The average molecular weight is 382 g/mol. The summed E-state index contributed by atoms with van der Waals surface area (Å²) in [4.78, 5) is 12.9. The van der Waals surface area contributed by atoms with Crippen LogP contribution in [0.5, 0.6) is 5.75 Å². The molecule has 0 aliphatic carbocycles. The Balaban J connectivity index is 1.52. The molecule has 6 heteroatoms. The first kappa shape index (κ1) is 17.2. The number of methoxy groups -OCH3 is 1. The van der Waals surface area contributed by atoms with Crippen molar-refractivity contribution < 1.29 is 4.74 Å². The highest BCUT2D eigenvalue weighted by atomic mass is 16.5. The second-order valence-corrected chi connectivity index (χ2v) is 6.93. The third kappa shape index (κ3) is 3.14. The van der Waals surface area contributed by atoms with Gasteiger partial charge in [-0.25, -0.2) is 4.68 Å². The number of hydrogen-bond donors (Lipinski definition) is 1. The van der Waals surface area contributed by atoms with Gasteiger partial charge in [0.25, 0.3) is 5.56 Å². The molecular formula is C23H18N4O2. The highest BCUT2D eigenvalue weighted by Gasteiger charge is 2.08. The van der Waals surface area contributed by atoms with Crippen molar-refractivity contribution in [2.45, 2.75) is 6.54 Å². The van der Waals surface area contributed by atoms with E-state index in [4.69, 9.17) is 4.74 Å². The van der Waals surface area contributed by atoms with E-state index >= 15 is 0 Å². The zero-order valence-electron chi connectivity index (χ0n) is 15.8. The number of aromatic amines is 1. The lowest BCUT2D eigenvalue weighted by molar-refractivity contribution is 0.414. The van der Waals surface area contributed by atoms with Gasteiger partial charge in [0.05, 0.1) is 37.0 Å². The van der Waals surface area contributed by atoms with Gasteiger partial charge in [0.2, 0.25) is 0 Å². The number of hydrogen-bond acceptors (Lipinski definition) is 4. The lowest BCUT2D eigenvalue weighted by atomic mass is 10.0. The molecule has 5 rings (SSSR count). The maximum absolute atomic E-state index is 12.9. The number of ether oxygens (including phenoxy) is 1. The molecule has 0 aliphatic rings. The summed E-state index contributed by atoms with van der Waals surface area (Å²) >= 11 is 0. The van der Waals surface area contributed by atoms with Crippen LogP contribution in [0, 0.1) is 0 Å². The Labute approximate surface area is 166 Å². The minimum absolute atomic E-state index is 0.109. The molecule has 142 valence electrons. The molecule has 2 heterocycles. The number of aromatic nitrogens is 4. The second kappa shape index (κ2) is 6.91. The van der Waals surface area contributed by atoms with Crippen LogP contribution in [-0.2, 0) is 6.54 Å². The van der Waals surface area contributed by atoms with Crippen LogP contribution >= 0.6 is 0 Å². The number of benzene rings is 3. The first-order valence-electron chi connectivity index (χ1n) is 9.27. The summed E-state index contributed by atoms with van der Waals surface area (Å²) in [6.07, 6.45) is 3.55. The molecule has 1 N–H and O–H groups in total. The zero-order valence-corrected chi connectivity index (χ0v) is 15.8. The van der Waals surface area contributed by atoms with Gasteiger partial charge in [0.15, 0.2) is 0 Å². The third-order valence-electron chi connectivity index (χ3n) is 5.09. The van der Waals surface area contributed by atoms with Crippen molar-refractivity contribution in [1.29, 1.82) is 0 Å². The number of H-pyrrole nitrogens is 1. The fraction of sp³-hybridized carbons (Fsp3) is 0.0870. The number of rotatable bonds is 4. The van der Waals surface area contributed by atoms with Crippen molar-refractivity contribution in [2.24, 2.45) is 0 Å². The first-order valence-corrected chi connectivity index (χ1v) is 9.27. The third-order valence-corrected chi connectivity index (χ3v) is 5.09. The van der Waals surface area contributed by atoms with E-state index in [1.54, 1.807) is 19.5 Å². The van der Waals surface area contributed by atoms with Crippen molar-refractivity contribution in [3.63, 3.8) is 0 Å². The van der Waals surface area contributed by atoms with E-state index in [0.29, 0.717) is 11.9 Å². The van der Waals surface area contributed by atoms with Gasteiger partial charge in [-0.15, -0.1) is 0 Å². The number of nitrogens with one attached hydrogen (secondary N) is 1. The van der Waals surface area contributed by atoms with E-state index in [9.17, 15) is 4.79 Å². The molecule has 0 bridgehead atoms. The molecule has 3 aromatic carbocycles. The highest BCUT2D eigenvalue weighted by molar-refractivity contribution is 5.89. The summed E-state index contributed by atoms with van der Waals surface area (Å²) in [6.45, 7) is 0.394. The summed E-state index contributed by atoms with van der Waals surface area (Å²) in [6, 6.07) is 19.6. The largest absolute Gasteiger partial charge is 0.497 e. The van der Waals surface area contributed by atoms with E-state index in [2.05, 4.69) is 21.4 Å². The van der Waals surface area contributed by atoms with Crippen LogP contribution in [0.2, 0.25) is 0 Å². The van der Waals surface area contributed by atoms with Gasteiger partial charge in [-0.2, -0.15) is 10.2 Å². The predicted octanol–water partition coefficient (Wildman–Crippen LogP) is 4.00. The topological polar surface area (TPSA) is 72.8 Å². The summed E-state index contributed by atoms with van der Waals surface area (Å²) in [5.74, 6) is 0.760. The second-order valence-electron chi connectivity index (χ2n) is 6.93. The summed E-state index contributed by atoms with van der Waals surface area (Å²) in [7, 11) is 1.63. The molecule has 0 amide bonds. The Morgan fingerprint density at radius 2 is 1.79 bits per heavy atom. The monoisotopic (exact) mass is 382 g/mol. The molecular weight excluding hydrogens is 364 g/mol. The predicted molar refractivity (Wildman–Crippen MR) is 113 cm³/mol. The van der Waals surface area contributed by atoms with Crippen LogP contribution in [0.4, 0.5) is 0 Å². The summed E-state index contributed by atoms with van der Waals surface area (Å²) < 4.78 is 6.74. The van der Waals surface area contributed by atoms with Crippen LogP contribution in [-0.4, -0.2) is 27.1 Å². The minimum atomic E-state index is -0.109. The van der Waals surface area contributed by atoms with Crippen molar-refractivity contribution >= 4 is 21.7 Å². The normalized spacial score (nSPS) is 11.2. The molecule has 0 aliphatic heterocycles. The van der Waals surface area contributed by atoms with Crippen LogP contribution in [0.25, 0.3) is 32.8 Å². The van der Waals surface area contributed by atoms with Gasteiger partial charge in [0, 0.05) is 10.8 Å². The molecule has 0 saturated heterocycles. The van der Waals surface area contributed by atoms with Crippen LogP contribution in [0.3, 0.4) is 0 Å². The van der Waals surface area contributed by atoms with Crippen molar-refractivity contribution in [2.75, 3.05) is 7.11 Å². The molecule has 0 radical (unpaired) electrons. The van der Waals surface area contributed by atoms with Crippen molar-refractivity contribution in [3.8, 4) is 16.9 Å². The molecule has 29 heavy (non-hydrogen) atoms. The Kier molecular flexibility index (Phi) is 4.09. The standard InChI is InChI=1S/C23H18N4O2/c1-29-20-4-2-3-15(9-20)14-27-23(28)21-7-5-16(10-18(21)13-25-27)17-6-8-22-19(11-17)12-24-26-22/h2-13H,14H2,1H3,(H,24,26). The van der Waals surface area contributed by atoms with E-state index in [1.807, 2.05) is 54.6 Å². The molecule has 6 nitrogen and oxygen atoms in total. The van der Waals surface area contributed by atoms with E-state index in [0.717, 1.165) is 38.7 Å². The first-order chi connectivity index (χ1) is 14.2. The fourth-order valence-corrected chi connectivity index (χ4v) is 3.55.